The van der Waals surface area contributed by atoms with Gasteiger partial charge in [0, 0.05) is 32.1 Å². The van der Waals surface area contributed by atoms with Gasteiger partial charge < -0.3 is 19.7 Å². The summed E-state index contributed by atoms with van der Waals surface area (Å²) in [5.41, 5.74) is 1.90. The van der Waals surface area contributed by atoms with Crippen LogP contribution in [0.3, 0.4) is 0 Å². The van der Waals surface area contributed by atoms with Crippen molar-refractivity contribution in [2.24, 2.45) is 4.99 Å². The highest BCUT2D eigenvalue weighted by atomic mass is 127. The monoisotopic (exact) mass is 557 g/mol. The molecule has 0 bridgehead atoms. The zero-order valence-electron chi connectivity index (χ0n) is 18.2. The molecule has 31 heavy (non-hydrogen) atoms. The highest BCUT2D eigenvalue weighted by Crippen LogP contribution is 2.21. The van der Waals surface area contributed by atoms with E-state index in [9.17, 15) is 0 Å². The van der Waals surface area contributed by atoms with E-state index in [-0.39, 0.29) is 30.1 Å². The third-order valence-electron chi connectivity index (χ3n) is 4.54. The van der Waals surface area contributed by atoms with E-state index in [0.717, 1.165) is 33.8 Å². The maximum atomic E-state index is 5.33. The lowest BCUT2D eigenvalue weighted by atomic mass is 10.2. The molecule has 2 N–H and O–H groups in total. The number of hydrogen-bond acceptors (Lipinski definition) is 7. The molecule has 3 rings (SSSR count). The van der Waals surface area contributed by atoms with Crippen LogP contribution in [-0.2, 0) is 17.8 Å². The lowest BCUT2D eigenvalue weighted by Gasteiger charge is -2.20. The summed E-state index contributed by atoms with van der Waals surface area (Å²) in [7, 11) is 7.05. The molecule has 0 aliphatic heterocycles. The van der Waals surface area contributed by atoms with Gasteiger partial charge in [-0.1, -0.05) is 0 Å². The standard InChI is InChI=1S/C20H27N7O2S.HI/c1-13(28-4)19-23-15(12-30-19)11-27(3)20(21-2)22-10-17-24-18(26-25-17)14-6-8-16(29-5)9-7-14;/h6-9,12-13H,10-11H2,1-5H3,(H,21,22)(H,24,25,26);1H. The second-order valence-electron chi connectivity index (χ2n) is 6.65. The maximum absolute atomic E-state index is 5.33. The number of benzene rings is 1. The van der Waals surface area contributed by atoms with Crippen LogP contribution < -0.4 is 10.1 Å². The van der Waals surface area contributed by atoms with Crippen molar-refractivity contribution in [2.75, 3.05) is 28.3 Å². The lowest BCUT2D eigenvalue weighted by Crippen LogP contribution is -2.38. The van der Waals surface area contributed by atoms with Crippen LogP contribution in [0, 0.1) is 0 Å². The first-order valence-corrected chi connectivity index (χ1v) is 10.4. The summed E-state index contributed by atoms with van der Waals surface area (Å²) in [4.78, 5) is 15.5. The molecule has 0 saturated heterocycles. The van der Waals surface area contributed by atoms with Gasteiger partial charge in [-0.25, -0.2) is 9.97 Å². The molecule has 0 aliphatic rings. The molecular weight excluding hydrogens is 529 g/mol. The summed E-state index contributed by atoms with van der Waals surface area (Å²) in [6, 6.07) is 7.63. The van der Waals surface area contributed by atoms with Gasteiger partial charge in [-0.15, -0.1) is 35.3 Å². The van der Waals surface area contributed by atoms with E-state index in [2.05, 4.69) is 30.5 Å². The summed E-state index contributed by atoms with van der Waals surface area (Å²) in [5, 5.41) is 13.6. The van der Waals surface area contributed by atoms with Crippen molar-refractivity contribution in [1.82, 2.24) is 30.4 Å². The van der Waals surface area contributed by atoms with Crippen LogP contribution in [0.2, 0.25) is 0 Å². The van der Waals surface area contributed by atoms with Gasteiger partial charge in [-0.05, 0) is 31.2 Å². The van der Waals surface area contributed by atoms with Crippen molar-refractivity contribution in [3.8, 4) is 17.1 Å². The zero-order chi connectivity index (χ0) is 21.5. The van der Waals surface area contributed by atoms with Crippen LogP contribution in [0.15, 0.2) is 34.6 Å². The van der Waals surface area contributed by atoms with E-state index in [0.29, 0.717) is 18.9 Å². The van der Waals surface area contributed by atoms with Gasteiger partial charge in [-0.3, -0.25) is 10.1 Å². The van der Waals surface area contributed by atoms with E-state index in [4.69, 9.17) is 9.47 Å². The van der Waals surface area contributed by atoms with Crippen molar-refractivity contribution in [2.45, 2.75) is 26.1 Å². The number of thiazole rings is 1. The Bertz CT molecular complexity index is 974. The molecule has 168 valence electrons. The Morgan fingerprint density at radius 3 is 2.65 bits per heavy atom. The van der Waals surface area contributed by atoms with E-state index in [1.807, 2.05) is 48.5 Å². The molecule has 0 spiro atoms. The number of rotatable bonds is 8. The molecule has 1 atom stereocenters. The van der Waals surface area contributed by atoms with Gasteiger partial charge in [0.2, 0.25) is 0 Å². The second-order valence-corrected chi connectivity index (χ2v) is 7.54. The molecule has 0 fully saturated rings. The van der Waals surface area contributed by atoms with Crippen molar-refractivity contribution in [1.29, 1.82) is 0 Å². The van der Waals surface area contributed by atoms with Gasteiger partial charge >= 0.3 is 0 Å². The molecule has 0 radical (unpaired) electrons. The fourth-order valence-electron chi connectivity index (χ4n) is 2.79. The Balaban J connectivity index is 0.00000341. The van der Waals surface area contributed by atoms with E-state index in [1.54, 1.807) is 32.6 Å². The number of halogens is 1. The minimum absolute atomic E-state index is 0. The smallest absolute Gasteiger partial charge is 0.194 e. The van der Waals surface area contributed by atoms with Crippen LogP contribution >= 0.6 is 35.3 Å². The molecule has 0 aliphatic carbocycles. The molecule has 11 heteroatoms. The van der Waals surface area contributed by atoms with Gasteiger partial charge in [0.05, 0.1) is 25.9 Å². The number of aliphatic imine (C=N–C) groups is 1. The third-order valence-corrected chi connectivity index (χ3v) is 5.59. The predicted octanol–water partition coefficient (Wildman–Crippen LogP) is 3.47. The van der Waals surface area contributed by atoms with Crippen LogP contribution in [-0.4, -0.2) is 59.3 Å². The number of aromatic amines is 1. The first kappa shape index (κ1) is 25.0. The SMILES string of the molecule is CN=C(NCc1nc(-c2ccc(OC)cc2)n[nH]1)N(C)Cc1csc(C(C)OC)n1.I. The maximum Gasteiger partial charge on any atom is 0.194 e. The number of ether oxygens (including phenoxy) is 2. The molecule has 2 aromatic heterocycles. The van der Waals surface area contributed by atoms with Gasteiger partial charge in [0.25, 0.3) is 0 Å². The Hall–Kier alpha value is -2.25. The largest absolute Gasteiger partial charge is 0.497 e. The average molecular weight is 557 g/mol. The van der Waals surface area contributed by atoms with Gasteiger partial charge in [0.1, 0.15) is 22.7 Å². The highest BCUT2D eigenvalue weighted by Gasteiger charge is 2.13. The number of nitrogens with one attached hydrogen (secondary N) is 2. The Labute approximate surface area is 203 Å². The number of guanidine groups is 1. The summed E-state index contributed by atoms with van der Waals surface area (Å²) < 4.78 is 10.5. The molecular formula is C20H28IN7O2S. The van der Waals surface area contributed by atoms with Gasteiger partial charge in [-0.2, -0.15) is 5.10 Å². The summed E-state index contributed by atoms with van der Waals surface area (Å²) >= 11 is 1.60. The minimum Gasteiger partial charge on any atom is -0.497 e. The zero-order valence-corrected chi connectivity index (χ0v) is 21.4. The number of hydrogen-bond donors (Lipinski definition) is 2. The minimum atomic E-state index is -0.00200. The predicted molar refractivity (Wildman–Crippen MR) is 133 cm³/mol. The quantitative estimate of drug-likeness (QED) is 0.249. The number of aromatic nitrogens is 4. The molecule has 1 aromatic carbocycles. The average Bonchev–Trinajstić information content (AvgIpc) is 3.43. The van der Waals surface area contributed by atoms with E-state index < -0.39 is 0 Å². The van der Waals surface area contributed by atoms with Crippen LogP contribution in [0.1, 0.15) is 29.6 Å². The van der Waals surface area contributed by atoms with Crippen LogP contribution in [0.25, 0.3) is 11.4 Å². The second kappa shape index (κ2) is 12.0. The molecule has 9 nitrogen and oxygen atoms in total. The molecule has 0 amide bonds. The van der Waals surface area contributed by atoms with Crippen LogP contribution in [0.5, 0.6) is 5.75 Å². The molecule has 0 saturated carbocycles. The van der Waals surface area contributed by atoms with E-state index >= 15 is 0 Å². The van der Waals surface area contributed by atoms with Crippen molar-refractivity contribution >= 4 is 41.3 Å². The summed E-state index contributed by atoms with van der Waals surface area (Å²) in [5.74, 6) is 2.90. The topological polar surface area (TPSA) is 101 Å². The van der Waals surface area contributed by atoms with Crippen molar-refractivity contribution in [3.63, 3.8) is 0 Å². The first-order valence-electron chi connectivity index (χ1n) is 9.48. The fourth-order valence-corrected chi connectivity index (χ4v) is 3.63. The van der Waals surface area contributed by atoms with Crippen molar-refractivity contribution in [3.05, 3.63) is 46.2 Å². The normalized spacial score (nSPS) is 12.2. The molecule has 1 unspecified atom stereocenters. The summed E-state index contributed by atoms with van der Waals surface area (Å²) in [6.07, 6.45) is -0.00200. The number of nitrogens with zero attached hydrogens (tertiary/aromatic N) is 5. The third kappa shape index (κ3) is 6.61. The Morgan fingerprint density at radius 1 is 1.26 bits per heavy atom. The molecule has 2 heterocycles. The first-order chi connectivity index (χ1) is 14.5. The Kier molecular flexibility index (Phi) is 9.65. The molecule has 3 aromatic rings. The fraction of sp³-hybridized carbons (Fsp3) is 0.400. The van der Waals surface area contributed by atoms with Crippen molar-refractivity contribution < 1.29 is 9.47 Å². The Morgan fingerprint density at radius 2 is 2.00 bits per heavy atom. The summed E-state index contributed by atoms with van der Waals surface area (Å²) in [6.45, 7) is 3.10. The highest BCUT2D eigenvalue weighted by molar-refractivity contribution is 14.0. The van der Waals surface area contributed by atoms with E-state index in [1.165, 1.54) is 0 Å². The van der Waals surface area contributed by atoms with Crippen LogP contribution in [0.4, 0.5) is 0 Å². The number of H-pyrrole nitrogens is 1. The number of methoxy groups -OCH3 is 2. The van der Waals surface area contributed by atoms with Gasteiger partial charge in [0.15, 0.2) is 11.8 Å². The lowest BCUT2D eigenvalue weighted by molar-refractivity contribution is 0.119.